The number of carbonyl (C=O) groups excluding carboxylic acids is 1. The summed E-state index contributed by atoms with van der Waals surface area (Å²) in [6.45, 7) is 0. The van der Waals surface area contributed by atoms with E-state index in [1.165, 1.54) is 6.33 Å². The highest BCUT2D eigenvalue weighted by atomic mass is 16.1. The summed E-state index contributed by atoms with van der Waals surface area (Å²) in [7, 11) is 0. The van der Waals surface area contributed by atoms with Crippen molar-refractivity contribution in [3.8, 4) is 0 Å². The number of nitrogen functional groups attached to an aromatic ring is 1. The van der Waals surface area contributed by atoms with E-state index >= 15 is 0 Å². The fraction of sp³-hybridized carbons (Fsp3) is 0. The Kier molecular flexibility index (Phi) is 0.957. The number of aldehydes is 1. The van der Waals surface area contributed by atoms with Gasteiger partial charge in [0.15, 0.2) is 6.29 Å². The van der Waals surface area contributed by atoms with E-state index in [9.17, 15) is 4.79 Å². The topological polar surface area (TPSA) is 73.8 Å². The molecular formula is C3H4N4O. The zero-order valence-corrected chi connectivity index (χ0v) is 3.98. The standard InChI is InChI=1S/C3H4N4O/c4-7-2-5-6-3(7)1-8/h1-2H,4H2. The lowest BCUT2D eigenvalue weighted by molar-refractivity contribution is 0.111. The van der Waals surface area contributed by atoms with Crippen LogP contribution in [0.1, 0.15) is 10.6 Å². The van der Waals surface area contributed by atoms with Gasteiger partial charge in [-0.1, -0.05) is 0 Å². The number of nitrogens with two attached hydrogens (primary N) is 1. The minimum Gasteiger partial charge on any atom is -0.336 e. The molecule has 8 heavy (non-hydrogen) atoms. The summed E-state index contributed by atoms with van der Waals surface area (Å²) in [5, 5.41) is 6.70. The quantitative estimate of drug-likeness (QED) is 0.366. The summed E-state index contributed by atoms with van der Waals surface area (Å²) in [5.74, 6) is 5.24. The third kappa shape index (κ3) is 0.534. The van der Waals surface area contributed by atoms with Crippen molar-refractivity contribution in [1.29, 1.82) is 0 Å². The molecule has 2 N–H and O–H groups in total. The molecule has 0 aromatic carbocycles. The minimum atomic E-state index is 0.130. The van der Waals surface area contributed by atoms with Gasteiger partial charge in [-0.2, -0.15) is 0 Å². The van der Waals surface area contributed by atoms with E-state index in [0.717, 1.165) is 4.68 Å². The van der Waals surface area contributed by atoms with Gasteiger partial charge in [-0.3, -0.25) is 4.79 Å². The third-order valence-corrected chi connectivity index (χ3v) is 0.706. The van der Waals surface area contributed by atoms with Crippen LogP contribution in [0.2, 0.25) is 0 Å². The molecular weight excluding hydrogens is 108 g/mol. The van der Waals surface area contributed by atoms with Crippen molar-refractivity contribution >= 4 is 6.29 Å². The Hall–Kier alpha value is -1.39. The van der Waals surface area contributed by atoms with E-state index in [2.05, 4.69) is 10.2 Å². The van der Waals surface area contributed by atoms with Crippen LogP contribution in [-0.4, -0.2) is 21.2 Å². The lowest BCUT2D eigenvalue weighted by Gasteiger charge is -1.84. The molecule has 1 rings (SSSR count). The summed E-state index contributed by atoms with van der Waals surface area (Å²) in [4.78, 5) is 9.89. The number of aromatic nitrogens is 3. The number of hydrogen-bond acceptors (Lipinski definition) is 4. The van der Waals surface area contributed by atoms with Gasteiger partial charge in [-0.05, 0) is 0 Å². The fourth-order valence-electron chi connectivity index (χ4n) is 0.336. The summed E-state index contributed by atoms with van der Waals surface area (Å²) in [5.41, 5.74) is 0. The zero-order valence-electron chi connectivity index (χ0n) is 3.98. The summed E-state index contributed by atoms with van der Waals surface area (Å²) in [6.07, 6.45) is 1.79. The first-order valence-electron chi connectivity index (χ1n) is 1.95. The highest BCUT2D eigenvalue weighted by molar-refractivity contribution is 5.68. The molecule has 0 radical (unpaired) electrons. The first-order chi connectivity index (χ1) is 3.84. The molecule has 1 heterocycles. The number of nitrogens with zero attached hydrogens (tertiary/aromatic N) is 3. The maximum absolute atomic E-state index is 9.89. The average Bonchev–Trinajstić information content (AvgIpc) is 2.14. The number of rotatable bonds is 1. The molecule has 0 unspecified atom stereocenters. The van der Waals surface area contributed by atoms with E-state index in [1.54, 1.807) is 0 Å². The SMILES string of the molecule is Nn1cnnc1C=O. The van der Waals surface area contributed by atoms with Gasteiger partial charge in [0.05, 0.1) is 0 Å². The lowest BCUT2D eigenvalue weighted by atomic mass is 10.7. The van der Waals surface area contributed by atoms with Crippen LogP contribution in [0.3, 0.4) is 0 Å². The Balaban J connectivity index is 3.09. The molecule has 0 atom stereocenters. The van der Waals surface area contributed by atoms with Crippen molar-refractivity contribution in [3.05, 3.63) is 12.2 Å². The average molecular weight is 112 g/mol. The molecule has 0 saturated heterocycles. The van der Waals surface area contributed by atoms with Gasteiger partial charge >= 0.3 is 0 Å². The van der Waals surface area contributed by atoms with Gasteiger partial charge in [-0.15, -0.1) is 10.2 Å². The molecule has 1 aromatic rings. The zero-order chi connectivity index (χ0) is 5.98. The second-order valence-electron chi connectivity index (χ2n) is 1.21. The van der Waals surface area contributed by atoms with Crippen molar-refractivity contribution in [2.45, 2.75) is 0 Å². The van der Waals surface area contributed by atoms with E-state index < -0.39 is 0 Å². The maximum atomic E-state index is 9.89. The Bertz CT molecular complexity index is 193. The largest absolute Gasteiger partial charge is 0.336 e. The van der Waals surface area contributed by atoms with Gasteiger partial charge in [0, 0.05) is 0 Å². The molecule has 0 saturated carbocycles. The fourth-order valence-corrected chi connectivity index (χ4v) is 0.336. The Morgan fingerprint density at radius 1 is 1.88 bits per heavy atom. The smallest absolute Gasteiger partial charge is 0.215 e. The Labute approximate surface area is 45.1 Å². The first kappa shape index (κ1) is 4.76. The van der Waals surface area contributed by atoms with Crippen LogP contribution in [0.4, 0.5) is 0 Å². The second-order valence-corrected chi connectivity index (χ2v) is 1.21. The van der Waals surface area contributed by atoms with E-state index in [4.69, 9.17) is 5.84 Å². The van der Waals surface area contributed by atoms with Gasteiger partial charge in [0.25, 0.3) is 0 Å². The predicted molar refractivity (Wildman–Crippen MR) is 25.6 cm³/mol. The lowest BCUT2D eigenvalue weighted by Crippen LogP contribution is -2.10. The van der Waals surface area contributed by atoms with Gasteiger partial charge in [-0.25, -0.2) is 4.68 Å². The van der Waals surface area contributed by atoms with Crippen molar-refractivity contribution in [1.82, 2.24) is 14.9 Å². The molecule has 0 spiro atoms. The first-order valence-corrected chi connectivity index (χ1v) is 1.95. The molecule has 0 aliphatic rings. The molecule has 5 nitrogen and oxygen atoms in total. The summed E-state index contributed by atoms with van der Waals surface area (Å²) >= 11 is 0. The van der Waals surface area contributed by atoms with Crippen molar-refractivity contribution in [3.63, 3.8) is 0 Å². The summed E-state index contributed by atoms with van der Waals surface area (Å²) < 4.78 is 1.05. The van der Waals surface area contributed by atoms with Crippen LogP contribution < -0.4 is 5.84 Å². The van der Waals surface area contributed by atoms with Crippen LogP contribution >= 0.6 is 0 Å². The van der Waals surface area contributed by atoms with E-state index in [-0.39, 0.29) is 5.82 Å². The minimum absolute atomic E-state index is 0.130. The maximum Gasteiger partial charge on any atom is 0.215 e. The van der Waals surface area contributed by atoms with Crippen LogP contribution in [0.25, 0.3) is 0 Å². The molecule has 0 bridgehead atoms. The van der Waals surface area contributed by atoms with E-state index in [1.807, 2.05) is 0 Å². The summed E-state index contributed by atoms with van der Waals surface area (Å²) in [6, 6.07) is 0. The molecule has 0 amide bonds. The predicted octanol–water partition coefficient (Wildman–Crippen LogP) is -1.20. The van der Waals surface area contributed by atoms with Crippen LogP contribution in [0, 0.1) is 0 Å². The van der Waals surface area contributed by atoms with Crippen LogP contribution in [0.5, 0.6) is 0 Å². The van der Waals surface area contributed by atoms with Crippen molar-refractivity contribution in [2.75, 3.05) is 5.84 Å². The van der Waals surface area contributed by atoms with Crippen LogP contribution in [0.15, 0.2) is 6.33 Å². The van der Waals surface area contributed by atoms with Gasteiger partial charge in [0.2, 0.25) is 5.82 Å². The molecule has 0 aliphatic carbocycles. The normalized spacial score (nSPS) is 9.00. The van der Waals surface area contributed by atoms with Gasteiger partial charge < -0.3 is 5.84 Å². The number of carbonyl (C=O) groups is 1. The van der Waals surface area contributed by atoms with E-state index in [0.29, 0.717) is 6.29 Å². The highest BCUT2D eigenvalue weighted by Crippen LogP contribution is 1.78. The molecule has 42 valence electrons. The monoisotopic (exact) mass is 112 g/mol. The third-order valence-electron chi connectivity index (χ3n) is 0.706. The number of hydrogen-bond donors (Lipinski definition) is 1. The van der Waals surface area contributed by atoms with Crippen LogP contribution in [-0.2, 0) is 0 Å². The second kappa shape index (κ2) is 1.61. The Morgan fingerprint density at radius 3 is 2.88 bits per heavy atom. The van der Waals surface area contributed by atoms with Gasteiger partial charge in [0.1, 0.15) is 6.33 Å². The Morgan fingerprint density at radius 2 is 2.62 bits per heavy atom. The highest BCUT2D eigenvalue weighted by Gasteiger charge is 1.93. The van der Waals surface area contributed by atoms with Crippen molar-refractivity contribution in [2.24, 2.45) is 0 Å². The van der Waals surface area contributed by atoms with Crippen molar-refractivity contribution < 1.29 is 4.79 Å². The molecule has 0 aliphatic heterocycles. The molecule has 0 fully saturated rings. The molecule has 5 heteroatoms. The molecule has 1 aromatic heterocycles.